The van der Waals surface area contributed by atoms with Crippen molar-refractivity contribution in [3.63, 3.8) is 0 Å². The van der Waals surface area contributed by atoms with Gasteiger partial charge < -0.3 is 15.0 Å². The number of hydrogen-bond donors (Lipinski definition) is 1. The first-order valence-electron chi connectivity index (χ1n) is 8.61. The average molecular weight is 294 g/mol. The standard InChI is InChI=1S/C17H30N2O2/c1-16(2,3)21-15(20)19-10-6-9-17(12-19)11-18-14-8-5-4-7-13(14)17/h13-14,18H,4-12H2,1-3H3. The van der Waals surface area contributed by atoms with Crippen LogP contribution in [0.4, 0.5) is 4.79 Å². The van der Waals surface area contributed by atoms with Crippen LogP contribution in [0.2, 0.25) is 0 Å². The van der Waals surface area contributed by atoms with Gasteiger partial charge in [-0.1, -0.05) is 12.8 Å². The van der Waals surface area contributed by atoms with Crippen LogP contribution in [0.3, 0.4) is 0 Å². The Morgan fingerprint density at radius 2 is 2.00 bits per heavy atom. The van der Waals surface area contributed by atoms with Crippen molar-refractivity contribution in [2.75, 3.05) is 19.6 Å². The molecule has 0 aromatic heterocycles. The van der Waals surface area contributed by atoms with Gasteiger partial charge in [0, 0.05) is 31.1 Å². The van der Waals surface area contributed by atoms with E-state index in [0.29, 0.717) is 11.5 Å². The van der Waals surface area contributed by atoms with Crippen LogP contribution in [0.1, 0.15) is 59.3 Å². The molecule has 1 spiro atoms. The largest absolute Gasteiger partial charge is 0.444 e. The summed E-state index contributed by atoms with van der Waals surface area (Å²) in [7, 11) is 0. The Balaban J connectivity index is 1.69. The van der Waals surface area contributed by atoms with E-state index in [2.05, 4.69) is 5.32 Å². The molecule has 4 heteroatoms. The summed E-state index contributed by atoms with van der Waals surface area (Å²) in [5.41, 5.74) is -0.0940. The molecule has 1 aliphatic carbocycles. The Morgan fingerprint density at radius 3 is 2.76 bits per heavy atom. The third-order valence-corrected chi connectivity index (χ3v) is 5.53. The van der Waals surface area contributed by atoms with E-state index in [-0.39, 0.29) is 6.09 Å². The summed E-state index contributed by atoms with van der Waals surface area (Å²) in [6.45, 7) is 8.66. The molecule has 3 rings (SSSR count). The van der Waals surface area contributed by atoms with E-state index < -0.39 is 5.60 Å². The summed E-state index contributed by atoms with van der Waals surface area (Å²) in [5.74, 6) is 0.761. The van der Waals surface area contributed by atoms with Gasteiger partial charge in [0.2, 0.25) is 0 Å². The van der Waals surface area contributed by atoms with Gasteiger partial charge in [0.15, 0.2) is 0 Å². The molecule has 2 saturated heterocycles. The van der Waals surface area contributed by atoms with Gasteiger partial charge in [-0.15, -0.1) is 0 Å². The summed E-state index contributed by atoms with van der Waals surface area (Å²) >= 11 is 0. The van der Waals surface area contributed by atoms with Crippen molar-refractivity contribution in [1.29, 1.82) is 0 Å². The maximum atomic E-state index is 12.4. The van der Waals surface area contributed by atoms with Gasteiger partial charge in [0.05, 0.1) is 0 Å². The number of ether oxygens (including phenoxy) is 1. The monoisotopic (exact) mass is 294 g/mol. The number of likely N-dealkylation sites (tertiary alicyclic amines) is 1. The first-order chi connectivity index (χ1) is 9.90. The zero-order valence-electron chi connectivity index (χ0n) is 13.8. The zero-order valence-corrected chi connectivity index (χ0v) is 13.8. The van der Waals surface area contributed by atoms with E-state index in [0.717, 1.165) is 32.0 Å². The second kappa shape index (κ2) is 5.45. The summed E-state index contributed by atoms with van der Waals surface area (Å²) < 4.78 is 5.58. The van der Waals surface area contributed by atoms with Crippen LogP contribution in [0.5, 0.6) is 0 Å². The Hall–Kier alpha value is -0.770. The lowest BCUT2D eigenvalue weighted by Crippen LogP contribution is -2.51. The lowest BCUT2D eigenvalue weighted by atomic mass is 9.66. The molecular formula is C17H30N2O2. The molecule has 0 aromatic carbocycles. The highest BCUT2D eigenvalue weighted by Crippen LogP contribution is 2.48. The second-order valence-corrected chi connectivity index (χ2v) is 8.25. The topological polar surface area (TPSA) is 41.6 Å². The highest BCUT2D eigenvalue weighted by atomic mass is 16.6. The van der Waals surface area contributed by atoms with Crippen LogP contribution < -0.4 is 5.32 Å². The molecule has 3 fully saturated rings. The molecule has 0 radical (unpaired) electrons. The molecule has 3 unspecified atom stereocenters. The molecule has 21 heavy (non-hydrogen) atoms. The Morgan fingerprint density at radius 1 is 1.24 bits per heavy atom. The Kier molecular flexibility index (Phi) is 3.93. The number of carbonyl (C=O) groups is 1. The fourth-order valence-corrected chi connectivity index (χ4v) is 4.66. The normalized spacial score (nSPS) is 36.6. The van der Waals surface area contributed by atoms with Crippen LogP contribution in [0.15, 0.2) is 0 Å². The van der Waals surface area contributed by atoms with Crippen LogP contribution >= 0.6 is 0 Å². The molecule has 1 N–H and O–H groups in total. The molecule has 0 aromatic rings. The summed E-state index contributed by atoms with van der Waals surface area (Å²) in [4.78, 5) is 14.4. The van der Waals surface area contributed by atoms with Gasteiger partial charge in [-0.05, 0) is 52.4 Å². The van der Waals surface area contributed by atoms with E-state index in [1.165, 1.54) is 32.1 Å². The Labute approximate surface area is 128 Å². The third-order valence-electron chi connectivity index (χ3n) is 5.53. The maximum Gasteiger partial charge on any atom is 0.410 e. The lowest BCUT2D eigenvalue weighted by Gasteiger charge is -2.45. The van der Waals surface area contributed by atoms with Crippen LogP contribution in [0.25, 0.3) is 0 Å². The van der Waals surface area contributed by atoms with Gasteiger partial charge >= 0.3 is 6.09 Å². The summed E-state index contributed by atoms with van der Waals surface area (Å²) in [5, 5.41) is 3.75. The molecule has 1 amide bonds. The molecule has 3 atom stereocenters. The van der Waals surface area contributed by atoms with Crippen molar-refractivity contribution in [3.05, 3.63) is 0 Å². The van der Waals surface area contributed by atoms with Gasteiger partial charge in [-0.3, -0.25) is 0 Å². The summed E-state index contributed by atoms with van der Waals surface area (Å²) in [6.07, 6.45) is 7.63. The minimum Gasteiger partial charge on any atom is -0.444 e. The van der Waals surface area contributed by atoms with Crippen molar-refractivity contribution in [1.82, 2.24) is 10.2 Å². The highest BCUT2D eigenvalue weighted by Gasteiger charge is 2.51. The van der Waals surface area contributed by atoms with Gasteiger partial charge in [-0.2, -0.15) is 0 Å². The van der Waals surface area contributed by atoms with Crippen molar-refractivity contribution in [2.45, 2.75) is 70.9 Å². The fourth-order valence-electron chi connectivity index (χ4n) is 4.66. The van der Waals surface area contributed by atoms with Gasteiger partial charge in [-0.25, -0.2) is 4.79 Å². The lowest BCUT2D eigenvalue weighted by molar-refractivity contribution is -0.00420. The molecular weight excluding hydrogens is 264 g/mol. The predicted molar refractivity (Wildman–Crippen MR) is 83.2 cm³/mol. The third kappa shape index (κ3) is 3.05. The number of fused-ring (bicyclic) bond motifs is 2. The second-order valence-electron chi connectivity index (χ2n) is 8.25. The molecule has 120 valence electrons. The number of rotatable bonds is 0. The van der Waals surface area contributed by atoms with Crippen LogP contribution in [-0.4, -0.2) is 42.3 Å². The minimum atomic E-state index is -0.400. The quantitative estimate of drug-likeness (QED) is 0.746. The molecule has 2 heterocycles. The average Bonchev–Trinajstić information content (AvgIpc) is 2.76. The van der Waals surface area contributed by atoms with Crippen LogP contribution in [0, 0.1) is 11.3 Å². The number of amides is 1. The zero-order chi connectivity index (χ0) is 15.1. The number of piperidine rings is 1. The number of carbonyl (C=O) groups excluding carboxylic acids is 1. The van der Waals surface area contributed by atoms with E-state index in [1.54, 1.807) is 0 Å². The van der Waals surface area contributed by atoms with Crippen molar-refractivity contribution in [3.8, 4) is 0 Å². The molecule has 3 aliphatic rings. The smallest absolute Gasteiger partial charge is 0.410 e. The number of hydrogen-bond acceptors (Lipinski definition) is 3. The Bertz CT molecular complexity index is 404. The van der Waals surface area contributed by atoms with Gasteiger partial charge in [0.25, 0.3) is 0 Å². The minimum absolute atomic E-state index is 0.124. The molecule has 1 saturated carbocycles. The fraction of sp³-hybridized carbons (Fsp3) is 0.941. The maximum absolute atomic E-state index is 12.4. The van der Waals surface area contributed by atoms with Crippen molar-refractivity contribution in [2.24, 2.45) is 11.3 Å². The van der Waals surface area contributed by atoms with E-state index >= 15 is 0 Å². The predicted octanol–water partition coefficient (Wildman–Crippen LogP) is 3.17. The van der Waals surface area contributed by atoms with E-state index in [9.17, 15) is 4.79 Å². The highest BCUT2D eigenvalue weighted by molar-refractivity contribution is 5.68. The van der Waals surface area contributed by atoms with Crippen molar-refractivity contribution < 1.29 is 9.53 Å². The molecule has 0 bridgehead atoms. The summed E-state index contributed by atoms with van der Waals surface area (Å²) in [6, 6.07) is 0.692. The van der Waals surface area contributed by atoms with Gasteiger partial charge in [0.1, 0.15) is 5.60 Å². The van der Waals surface area contributed by atoms with Crippen LogP contribution in [-0.2, 0) is 4.74 Å². The SMILES string of the molecule is CC(C)(C)OC(=O)N1CCCC2(CNC3CCCCC32)C1. The molecule has 2 aliphatic heterocycles. The van der Waals surface area contributed by atoms with E-state index in [4.69, 9.17) is 4.74 Å². The van der Waals surface area contributed by atoms with Crippen molar-refractivity contribution >= 4 is 6.09 Å². The number of nitrogens with one attached hydrogen (secondary N) is 1. The first-order valence-corrected chi connectivity index (χ1v) is 8.61. The number of nitrogens with zero attached hydrogens (tertiary/aromatic N) is 1. The first kappa shape index (κ1) is 15.1. The van der Waals surface area contributed by atoms with E-state index in [1.807, 2.05) is 25.7 Å². The molecule has 4 nitrogen and oxygen atoms in total.